The van der Waals surface area contributed by atoms with Gasteiger partial charge in [0, 0.05) is 13.6 Å². The van der Waals surface area contributed by atoms with E-state index < -0.39 is 0 Å². The van der Waals surface area contributed by atoms with E-state index in [-0.39, 0.29) is 5.97 Å². The predicted molar refractivity (Wildman–Crippen MR) is 82.4 cm³/mol. The molecule has 0 saturated heterocycles. The van der Waals surface area contributed by atoms with Gasteiger partial charge in [0.05, 0.1) is 5.56 Å². The lowest BCUT2D eigenvalue weighted by Crippen LogP contribution is -2.25. The third-order valence-electron chi connectivity index (χ3n) is 3.64. The van der Waals surface area contributed by atoms with Crippen molar-refractivity contribution in [3.8, 4) is 0 Å². The number of carbonyl (C=O) groups excluding carboxylic acids is 1. The summed E-state index contributed by atoms with van der Waals surface area (Å²) in [6.07, 6.45) is 6.07. The number of hydrogen-bond acceptors (Lipinski definition) is 3. The van der Waals surface area contributed by atoms with E-state index in [1.165, 1.54) is 25.7 Å². The van der Waals surface area contributed by atoms with Crippen molar-refractivity contribution in [1.29, 1.82) is 0 Å². The van der Waals surface area contributed by atoms with E-state index in [0.717, 1.165) is 18.9 Å². The molecular weight excluding hydrogens is 250 g/mol. The van der Waals surface area contributed by atoms with Crippen molar-refractivity contribution in [2.45, 2.75) is 46.0 Å². The number of rotatable bonds is 9. The van der Waals surface area contributed by atoms with Gasteiger partial charge in [0.2, 0.25) is 0 Å². The smallest absolute Gasteiger partial charge is 0.357 e. The average Bonchev–Trinajstić information content (AvgIpc) is 2.48. The van der Waals surface area contributed by atoms with E-state index >= 15 is 0 Å². The summed E-state index contributed by atoms with van der Waals surface area (Å²) in [6, 6.07) is 9.11. The zero-order valence-corrected chi connectivity index (χ0v) is 13.0. The van der Waals surface area contributed by atoms with Crippen LogP contribution >= 0.6 is 0 Å². The predicted octanol–water partition coefficient (Wildman–Crippen LogP) is 4.30. The number of unbranched alkanes of at least 4 members (excludes halogenated alkanes) is 1. The number of nitrogens with zero attached hydrogens (tertiary/aromatic N) is 1. The van der Waals surface area contributed by atoms with Crippen LogP contribution in [0.2, 0.25) is 0 Å². The van der Waals surface area contributed by atoms with Crippen LogP contribution in [-0.2, 0) is 4.84 Å². The van der Waals surface area contributed by atoms with Crippen LogP contribution in [0.25, 0.3) is 0 Å². The standard InChI is InChI=1S/C17H27NO2/c1-4-6-10-15(5-2)13-14-18(3)20-17(19)16-11-8-7-9-12-16/h7-9,11-12,15H,4-6,10,13-14H2,1-3H3. The van der Waals surface area contributed by atoms with E-state index in [1.54, 1.807) is 17.2 Å². The quantitative estimate of drug-likeness (QED) is 0.630. The Balaban J connectivity index is 2.32. The maximum Gasteiger partial charge on any atom is 0.357 e. The molecule has 0 aliphatic rings. The summed E-state index contributed by atoms with van der Waals surface area (Å²) in [5, 5.41) is 1.66. The van der Waals surface area contributed by atoms with Crippen molar-refractivity contribution in [3.63, 3.8) is 0 Å². The molecule has 0 aliphatic heterocycles. The molecule has 0 radical (unpaired) electrons. The molecular formula is C17H27NO2. The number of hydroxylamine groups is 2. The van der Waals surface area contributed by atoms with Gasteiger partial charge in [0.1, 0.15) is 0 Å². The third-order valence-corrected chi connectivity index (χ3v) is 3.64. The number of benzene rings is 1. The summed E-state index contributed by atoms with van der Waals surface area (Å²) < 4.78 is 0. The zero-order valence-electron chi connectivity index (χ0n) is 13.0. The van der Waals surface area contributed by atoms with Crippen molar-refractivity contribution in [2.75, 3.05) is 13.6 Å². The molecule has 0 fully saturated rings. The highest BCUT2D eigenvalue weighted by Gasteiger charge is 2.12. The van der Waals surface area contributed by atoms with E-state index in [4.69, 9.17) is 4.84 Å². The fourth-order valence-corrected chi connectivity index (χ4v) is 2.22. The number of carbonyl (C=O) groups is 1. The Morgan fingerprint density at radius 3 is 2.50 bits per heavy atom. The zero-order chi connectivity index (χ0) is 14.8. The van der Waals surface area contributed by atoms with Crippen LogP contribution in [0.1, 0.15) is 56.3 Å². The largest absolute Gasteiger partial charge is 0.364 e. The van der Waals surface area contributed by atoms with Gasteiger partial charge in [0.15, 0.2) is 0 Å². The Morgan fingerprint density at radius 1 is 1.20 bits per heavy atom. The molecule has 0 amide bonds. The highest BCUT2D eigenvalue weighted by Crippen LogP contribution is 2.17. The molecule has 0 aliphatic carbocycles. The molecule has 0 heterocycles. The molecule has 0 aromatic heterocycles. The van der Waals surface area contributed by atoms with E-state index in [9.17, 15) is 4.79 Å². The molecule has 1 atom stereocenters. The summed E-state index contributed by atoms with van der Waals surface area (Å²) in [7, 11) is 1.83. The van der Waals surface area contributed by atoms with E-state index in [1.807, 2.05) is 25.2 Å². The fraction of sp³-hybridized carbons (Fsp3) is 0.588. The van der Waals surface area contributed by atoms with Crippen molar-refractivity contribution in [3.05, 3.63) is 35.9 Å². The summed E-state index contributed by atoms with van der Waals surface area (Å²) in [4.78, 5) is 17.2. The molecule has 0 saturated carbocycles. The van der Waals surface area contributed by atoms with Gasteiger partial charge in [-0.15, -0.1) is 5.06 Å². The van der Waals surface area contributed by atoms with Gasteiger partial charge in [-0.3, -0.25) is 0 Å². The van der Waals surface area contributed by atoms with Crippen molar-refractivity contribution < 1.29 is 9.63 Å². The van der Waals surface area contributed by atoms with Gasteiger partial charge < -0.3 is 4.84 Å². The molecule has 3 heteroatoms. The van der Waals surface area contributed by atoms with Crippen molar-refractivity contribution in [2.24, 2.45) is 5.92 Å². The first-order chi connectivity index (χ1) is 9.67. The summed E-state index contributed by atoms with van der Waals surface area (Å²) in [6.45, 7) is 5.25. The van der Waals surface area contributed by atoms with Crippen molar-refractivity contribution in [1.82, 2.24) is 5.06 Å². The normalized spacial score (nSPS) is 12.4. The van der Waals surface area contributed by atoms with E-state index in [0.29, 0.717) is 5.56 Å². The minimum atomic E-state index is -0.283. The fourth-order valence-electron chi connectivity index (χ4n) is 2.22. The maximum atomic E-state index is 11.9. The minimum absolute atomic E-state index is 0.283. The Morgan fingerprint density at radius 2 is 1.90 bits per heavy atom. The topological polar surface area (TPSA) is 29.5 Å². The van der Waals surface area contributed by atoms with Gasteiger partial charge in [-0.2, -0.15) is 0 Å². The van der Waals surface area contributed by atoms with Crippen LogP contribution in [0.15, 0.2) is 30.3 Å². The van der Waals surface area contributed by atoms with Gasteiger partial charge >= 0.3 is 5.97 Å². The second-order valence-corrected chi connectivity index (χ2v) is 5.30. The first-order valence-electron chi connectivity index (χ1n) is 7.65. The highest BCUT2D eigenvalue weighted by molar-refractivity contribution is 5.89. The molecule has 20 heavy (non-hydrogen) atoms. The van der Waals surface area contributed by atoms with Gasteiger partial charge in [-0.1, -0.05) is 57.7 Å². The molecule has 112 valence electrons. The number of hydrogen-bond donors (Lipinski definition) is 0. The van der Waals surface area contributed by atoms with Crippen LogP contribution in [0.3, 0.4) is 0 Å². The van der Waals surface area contributed by atoms with Crippen LogP contribution in [0, 0.1) is 5.92 Å². The second kappa shape index (κ2) is 9.54. The maximum absolute atomic E-state index is 11.9. The van der Waals surface area contributed by atoms with Gasteiger partial charge in [0.25, 0.3) is 0 Å². The lowest BCUT2D eigenvalue weighted by atomic mass is 9.96. The molecule has 1 aromatic rings. The third kappa shape index (κ3) is 6.20. The Kier molecular flexibility index (Phi) is 7.97. The Bertz CT molecular complexity index is 378. The summed E-state index contributed by atoms with van der Waals surface area (Å²) in [5.74, 6) is 0.447. The average molecular weight is 277 g/mol. The first kappa shape index (κ1) is 16.7. The monoisotopic (exact) mass is 277 g/mol. The molecule has 1 aromatic carbocycles. The molecule has 0 spiro atoms. The molecule has 0 bridgehead atoms. The second-order valence-electron chi connectivity index (χ2n) is 5.30. The van der Waals surface area contributed by atoms with Crippen LogP contribution in [0.4, 0.5) is 0 Å². The van der Waals surface area contributed by atoms with Crippen LogP contribution < -0.4 is 0 Å². The molecule has 0 N–H and O–H groups in total. The van der Waals surface area contributed by atoms with Gasteiger partial charge in [-0.05, 0) is 24.5 Å². The lowest BCUT2D eigenvalue weighted by Gasteiger charge is -2.20. The Hall–Kier alpha value is -1.35. The molecule has 1 unspecified atom stereocenters. The molecule has 1 rings (SSSR count). The minimum Gasteiger partial charge on any atom is -0.364 e. The van der Waals surface area contributed by atoms with Crippen molar-refractivity contribution >= 4 is 5.97 Å². The van der Waals surface area contributed by atoms with Gasteiger partial charge in [-0.25, -0.2) is 4.79 Å². The van der Waals surface area contributed by atoms with Crippen LogP contribution in [-0.4, -0.2) is 24.6 Å². The highest BCUT2D eigenvalue weighted by atomic mass is 16.7. The van der Waals surface area contributed by atoms with Crippen LogP contribution in [0.5, 0.6) is 0 Å². The first-order valence-corrected chi connectivity index (χ1v) is 7.65. The SMILES string of the molecule is CCCCC(CC)CCN(C)OC(=O)c1ccccc1. The molecule has 3 nitrogen and oxygen atoms in total. The summed E-state index contributed by atoms with van der Waals surface area (Å²) >= 11 is 0. The summed E-state index contributed by atoms with van der Waals surface area (Å²) in [5.41, 5.74) is 0.595. The van der Waals surface area contributed by atoms with E-state index in [2.05, 4.69) is 13.8 Å². The Labute approximate surface area is 122 Å². The lowest BCUT2D eigenvalue weighted by molar-refractivity contribution is -0.0927.